The molecule has 0 fully saturated rings. The van der Waals surface area contributed by atoms with E-state index >= 15 is 0 Å². The van der Waals surface area contributed by atoms with Crippen LogP contribution >= 0.6 is 11.6 Å². The summed E-state index contributed by atoms with van der Waals surface area (Å²) in [6.45, 7) is 12.8. The summed E-state index contributed by atoms with van der Waals surface area (Å²) in [4.78, 5) is 0. The van der Waals surface area contributed by atoms with Gasteiger partial charge in [-0.2, -0.15) is 0 Å². The second-order valence-corrected chi connectivity index (χ2v) is 5.83. The minimum atomic E-state index is -0.143. The van der Waals surface area contributed by atoms with Crippen molar-refractivity contribution >= 4 is 11.6 Å². The van der Waals surface area contributed by atoms with Gasteiger partial charge in [0.1, 0.15) is 5.76 Å². The molecule has 0 saturated heterocycles. The predicted molar refractivity (Wildman–Crippen MR) is 81.3 cm³/mol. The van der Waals surface area contributed by atoms with Crippen molar-refractivity contribution in [2.24, 2.45) is 0 Å². The number of benzene rings is 1. The molecular weight excluding hydrogens is 256 g/mol. The Balaban J connectivity index is 2.63. The van der Waals surface area contributed by atoms with E-state index in [2.05, 4.69) is 34.6 Å². The Labute approximate surface area is 120 Å². The van der Waals surface area contributed by atoms with E-state index in [9.17, 15) is 0 Å². The standard InChI is InChI=1S/C17H21ClO/c1-9-7-15(8-19-9)17(18)16-13(5)11(3)10(2)12(4)14(16)6/h7-8,17H,1-6H3. The number of halogens is 1. The Bertz CT molecular complexity index is 593. The minimum Gasteiger partial charge on any atom is -0.469 e. The van der Waals surface area contributed by atoms with E-state index in [-0.39, 0.29) is 5.38 Å². The van der Waals surface area contributed by atoms with Gasteiger partial charge in [-0.15, -0.1) is 11.6 Å². The predicted octanol–water partition coefficient (Wildman–Crippen LogP) is 5.46. The molecule has 0 radical (unpaired) electrons. The molecule has 1 nitrogen and oxygen atoms in total. The van der Waals surface area contributed by atoms with E-state index in [1.54, 1.807) is 6.26 Å². The molecule has 2 aromatic rings. The fourth-order valence-corrected chi connectivity index (χ4v) is 3.11. The number of hydrogen-bond donors (Lipinski definition) is 0. The van der Waals surface area contributed by atoms with Crippen molar-refractivity contribution in [1.29, 1.82) is 0 Å². The van der Waals surface area contributed by atoms with Crippen LogP contribution in [0, 0.1) is 41.5 Å². The van der Waals surface area contributed by atoms with E-state index in [1.807, 2.05) is 13.0 Å². The fraction of sp³-hybridized carbons (Fsp3) is 0.412. The molecule has 0 saturated carbocycles. The van der Waals surface area contributed by atoms with Crippen LogP contribution in [-0.2, 0) is 0 Å². The number of hydrogen-bond acceptors (Lipinski definition) is 1. The number of alkyl halides is 1. The summed E-state index contributed by atoms with van der Waals surface area (Å²) in [7, 11) is 0. The molecule has 2 heteroatoms. The highest BCUT2D eigenvalue weighted by atomic mass is 35.5. The third-order valence-electron chi connectivity index (χ3n) is 4.35. The maximum atomic E-state index is 6.69. The number of aryl methyl sites for hydroxylation is 1. The van der Waals surface area contributed by atoms with Crippen molar-refractivity contribution in [3.63, 3.8) is 0 Å². The van der Waals surface area contributed by atoms with Crippen LogP contribution < -0.4 is 0 Å². The van der Waals surface area contributed by atoms with Crippen LogP contribution in [0.1, 0.15) is 50.1 Å². The van der Waals surface area contributed by atoms with Crippen LogP contribution in [0.4, 0.5) is 0 Å². The molecule has 19 heavy (non-hydrogen) atoms. The Kier molecular flexibility index (Phi) is 3.78. The first-order chi connectivity index (χ1) is 8.84. The van der Waals surface area contributed by atoms with Crippen molar-refractivity contribution in [3.8, 4) is 0 Å². The first-order valence-electron chi connectivity index (χ1n) is 6.60. The van der Waals surface area contributed by atoms with Gasteiger partial charge >= 0.3 is 0 Å². The lowest BCUT2D eigenvalue weighted by atomic mass is 9.87. The van der Waals surface area contributed by atoms with Crippen LogP contribution in [0.3, 0.4) is 0 Å². The third kappa shape index (κ3) is 2.32. The SMILES string of the molecule is Cc1cc(C(Cl)c2c(C)c(C)c(C)c(C)c2C)co1. The molecule has 1 heterocycles. The van der Waals surface area contributed by atoms with Gasteiger partial charge in [0.05, 0.1) is 11.6 Å². The summed E-state index contributed by atoms with van der Waals surface area (Å²) in [6, 6.07) is 2.01. The summed E-state index contributed by atoms with van der Waals surface area (Å²) < 4.78 is 5.39. The molecule has 1 atom stereocenters. The van der Waals surface area contributed by atoms with Crippen molar-refractivity contribution in [3.05, 3.63) is 57.0 Å². The molecular formula is C17H21ClO. The zero-order valence-electron chi connectivity index (χ0n) is 12.5. The van der Waals surface area contributed by atoms with Gasteiger partial charge < -0.3 is 4.42 Å². The summed E-state index contributed by atoms with van der Waals surface area (Å²) >= 11 is 6.69. The van der Waals surface area contributed by atoms with Gasteiger partial charge in [-0.25, -0.2) is 0 Å². The molecule has 102 valence electrons. The maximum absolute atomic E-state index is 6.69. The average Bonchev–Trinajstić information content (AvgIpc) is 2.81. The summed E-state index contributed by atoms with van der Waals surface area (Å²) in [6.07, 6.45) is 1.76. The topological polar surface area (TPSA) is 13.1 Å². The van der Waals surface area contributed by atoms with Crippen molar-refractivity contribution in [2.75, 3.05) is 0 Å². The lowest BCUT2D eigenvalue weighted by Gasteiger charge is -2.21. The Morgan fingerprint density at radius 2 is 1.32 bits per heavy atom. The van der Waals surface area contributed by atoms with Crippen LogP contribution in [-0.4, -0.2) is 0 Å². The monoisotopic (exact) mass is 276 g/mol. The average molecular weight is 277 g/mol. The fourth-order valence-electron chi connectivity index (χ4n) is 2.67. The van der Waals surface area contributed by atoms with E-state index < -0.39 is 0 Å². The quantitative estimate of drug-likeness (QED) is 0.664. The van der Waals surface area contributed by atoms with Crippen LogP contribution in [0.2, 0.25) is 0 Å². The number of rotatable bonds is 2. The molecule has 2 rings (SSSR count). The Hall–Kier alpha value is -1.21. The molecule has 0 aliphatic carbocycles. The lowest BCUT2D eigenvalue weighted by Crippen LogP contribution is -2.05. The van der Waals surface area contributed by atoms with Gasteiger partial charge in [-0.1, -0.05) is 0 Å². The van der Waals surface area contributed by atoms with E-state index in [0.29, 0.717) is 0 Å². The highest BCUT2D eigenvalue weighted by Crippen LogP contribution is 2.37. The van der Waals surface area contributed by atoms with Gasteiger partial charge in [0.15, 0.2) is 0 Å². The molecule has 0 amide bonds. The molecule has 0 bridgehead atoms. The van der Waals surface area contributed by atoms with E-state index in [1.165, 1.54) is 33.4 Å². The zero-order chi connectivity index (χ0) is 14.3. The summed E-state index contributed by atoms with van der Waals surface area (Å²) in [5.74, 6) is 0.900. The molecule has 1 unspecified atom stereocenters. The van der Waals surface area contributed by atoms with Crippen molar-refractivity contribution < 1.29 is 4.42 Å². The molecule has 0 aliphatic heterocycles. The zero-order valence-corrected chi connectivity index (χ0v) is 13.3. The second-order valence-electron chi connectivity index (χ2n) is 5.39. The van der Waals surface area contributed by atoms with Crippen LogP contribution in [0.5, 0.6) is 0 Å². The minimum absolute atomic E-state index is 0.143. The highest BCUT2D eigenvalue weighted by Gasteiger charge is 2.21. The summed E-state index contributed by atoms with van der Waals surface area (Å²) in [5, 5.41) is -0.143. The van der Waals surface area contributed by atoms with E-state index in [4.69, 9.17) is 16.0 Å². The van der Waals surface area contributed by atoms with Crippen LogP contribution in [0.25, 0.3) is 0 Å². The number of furan rings is 1. The normalized spacial score (nSPS) is 12.8. The second kappa shape index (κ2) is 5.05. The van der Waals surface area contributed by atoms with Crippen LogP contribution in [0.15, 0.2) is 16.7 Å². The van der Waals surface area contributed by atoms with Crippen molar-refractivity contribution in [2.45, 2.75) is 46.9 Å². The molecule has 0 spiro atoms. The van der Waals surface area contributed by atoms with Gasteiger partial charge in [-0.05, 0) is 81.0 Å². The molecule has 1 aromatic carbocycles. The van der Waals surface area contributed by atoms with Gasteiger partial charge in [0, 0.05) is 5.56 Å². The Morgan fingerprint density at radius 3 is 1.74 bits per heavy atom. The third-order valence-corrected chi connectivity index (χ3v) is 4.83. The molecule has 0 aliphatic rings. The first-order valence-corrected chi connectivity index (χ1v) is 7.04. The lowest BCUT2D eigenvalue weighted by molar-refractivity contribution is 0.532. The van der Waals surface area contributed by atoms with E-state index in [0.717, 1.165) is 11.3 Å². The highest BCUT2D eigenvalue weighted by molar-refractivity contribution is 6.22. The van der Waals surface area contributed by atoms with Crippen molar-refractivity contribution in [1.82, 2.24) is 0 Å². The summed E-state index contributed by atoms with van der Waals surface area (Å²) in [5.41, 5.74) is 8.88. The smallest absolute Gasteiger partial charge is 0.101 e. The largest absolute Gasteiger partial charge is 0.469 e. The van der Waals surface area contributed by atoms with Gasteiger partial charge in [0.25, 0.3) is 0 Å². The molecule has 0 N–H and O–H groups in total. The molecule has 1 aromatic heterocycles. The Morgan fingerprint density at radius 1 is 0.842 bits per heavy atom. The van der Waals surface area contributed by atoms with Gasteiger partial charge in [-0.3, -0.25) is 0 Å². The maximum Gasteiger partial charge on any atom is 0.101 e. The van der Waals surface area contributed by atoms with Gasteiger partial charge in [0.2, 0.25) is 0 Å². The first kappa shape index (κ1) is 14.2.